The smallest absolute Gasteiger partial charge is 0.268 e. The molecule has 0 unspecified atom stereocenters. The van der Waals surface area contributed by atoms with Crippen molar-refractivity contribution >= 4 is 43.5 Å². The fourth-order valence-corrected chi connectivity index (χ4v) is 6.28. The summed E-state index contributed by atoms with van der Waals surface area (Å²) in [6.07, 6.45) is 0. The Morgan fingerprint density at radius 1 is 0.743 bits per heavy atom. The van der Waals surface area contributed by atoms with Crippen LogP contribution in [0.4, 0.5) is 0 Å². The first-order chi connectivity index (χ1) is 16.8. The van der Waals surface area contributed by atoms with Crippen LogP contribution in [0.2, 0.25) is 0 Å². The molecule has 0 saturated heterocycles. The van der Waals surface area contributed by atoms with Crippen molar-refractivity contribution in [3.05, 3.63) is 74.5 Å². The number of aromatic nitrogens is 1. The van der Waals surface area contributed by atoms with E-state index < -0.39 is 10.0 Å². The Hall–Kier alpha value is -3.25. The van der Waals surface area contributed by atoms with Crippen molar-refractivity contribution in [1.29, 1.82) is 0 Å². The highest BCUT2D eigenvalue weighted by atomic mass is 127. The number of pyridine rings is 1. The van der Waals surface area contributed by atoms with Gasteiger partial charge >= 0.3 is 0 Å². The Kier molecular flexibility index (Phi) is 6.95. The summed E-state index contributed by atoms with van der Waals surface area (Å²) in [6.45, 7) is 0. The molecule has 182 valence electrons. The fourth-order valence-electron chi connectivity index (χ4n) is 3.77. The number of methoxy groups -OCH3 is 4. The number of halogens is 1. The van der Waals surface area contributed by atoms with Crippen LogP contribution in [0.25, 0.3) is 22.2 Å². The highest BCUT2D eigenvalue weighted by molar-refractivity contribution is 14.1. The quantitative estimate of drug-likeness (QED) is 0.285. The van der Waals surface area contributed by atoms with E-state index >= 15 is 0 Å². The van der Waals surface area contributed by atoms with Gasteiger partial charge in [-0.25, -0.2) is 12.4 Å². The molecule has 0 radical (unpaired) electrons. The van der Waals surface area contributed by atoms with Crippen LogP contribution in [0.3, 0.4) is 0 Å². The number of hydrogen-bond acceptors (Lipinski definition) is 7. The van der Waals surface area contributed by atoms with E-state index in [0.29, 0.717) is 22.8 Å². The predicted octanol–water partition coefficient (Wildman–Crippen LogP) is 4.54. The second-order valence-corrected chi connectivity index (χ2v) is 10.3. The van der Waals surface area contributed by atoms with Crippen LogP contribution in [-0.2, 0) is 10.0 Å². The zero-order valence-electron chi connectivity index (χ0n) is 19.4. The normalized spacial score (nSPS) is 11.3. The Morgan fingerprint density at radius 3 is 1.80 bits per heavy atom. The van der Waals surface area contributed by atoms with Crippen molar-refractivity contribution in [3.8, 4) is 34.3 Å². The first kappa shape index (κ1) is 24.9. The molecule has 8 nitrogen and oxygen atoms in total. The second-order valence-electron chi connectivity index (χ2n) is 7.39. The maximum absolute atomic E-state index is 14.1. The van der Waals surface area contributed by atoms with Crippen LogP contribution in [0, 0.1) is 3.57 Å². The fraction of sp³-hybridized carbons (Fsp3) is 0.160. The van der Waals surface area contributed by atoms with Gasteiger partial charge in [0, 0.05) is 17.7 Å². The van der Waals surface area contributed by atoms with E-state index in [0.717, 1.165) is 0 Å². The van der Waals surface area contributed by atoms with Gasteiger partial charge in [0.2, 0.25) is 5.43 Å². The van der Waals surface area contributed by atoms with Gasteiger partial charge in [-0.1, -0.05) is 0 Å². The summed E-state index contributed by atoms with van der Waals surface area (Å²) < 4.78 is 50.9. The molecule has 0 atom stereocenters. The first-order valence-corrected chi connectivity index (χ1v) is 12.8. The van der Waals surface area contributed by atoms with Crippen LogP contribution in [0.1, 0.15) is 0 Å². The van der Waals surface area contributed by atoms with E-state index in [1.54, 1.807) is 42.5 Å². The lowest BCUT2D eigenvalue weighted by Crippen LogP contribution is -2.23. The van der Waals surface area contributed by atoms with Crippen LogP contribution in [-0.4, -0.2) is 40.8 Å². The maximum Gasteiger partial charge on any atom is 0.268 e. The molecule has 0 spiro atoms. The van der Waals surface area contributed by atoms with Crippen molar-refractivity contribution in [3.63, 3.8) is 0 Å². The third kappa shape index (κ3) is 4.31. The zero-order chi connectivity index (χ0) is 25.3. The molecule has 0 saturated carbocycles. The van der Waals surface area contributed by atoms with Gasteiger partial charge in [0.25, 0.3) is 10.0 Å². The van der Waals surface area contributed by atoms with E-state index in [1.807, 2.05) is 22.6 Å². The van der Waals surface area contributed by atoms with E-state index in [9.17, 15) is 13.2 Å². The van der Waals surface area contributed by atoms with Crippen molar-refractivity contribution < 1.29 is 27.4 Å². The number of fused-ring (bicyclic) bond motifs is 1. The summed E-state index contributed by atoms with van der Waals surface area (Å²) in [5, 5.41) is 0.132. The summed E-state index contributed by atoms with van der Waals surface area (Å²) >= 11 is 1.89. The van der Waals surface area contributed by atoms with E-state index in [1.165, 1.54) is 50.6 Å². The standard InChI is InChI=1S/C25H22INO7S/c1-31-16-7-5-15(6-8-16)24-23(26)25(28)22-20(13-18(33-3)14-21(22)34-4)27(24)35(29,30)19-11-9-17(32-2)10-12-19/h5-14H,1-4H3. The highest BCUT2D eigenvalue weighted by Gasteiger charge is 2.28. The van der Waals surface area contributed by atoms with Gasteiger partial charge in [-0.2, -0.15) is 0 Å². The van der Waals surface area contributed by atoms with Crippen LogP contribution in [0.15, 0.2) is 70.4 Å². The summed E-state index contributed by atoms with van der Waals surface area (Å²) in [4.78, 5) is 13.6. The largest absolute Gasteiger partial charge is 0.497 e. The Balaban J connectivity index is 2.20. The summed E-state index contributed by atoms with van der Waals surface area (Å²) in [5.41, 5.74) is 0.519. The third-order valence-corrected chi connectivity index (χ3v) is 8.26. The topological polar surface area (TPSA) is 93.1 Å². The van der Waals surface area contributed by atoms with Gasteiger partial charge in [-0.05, 0) is 71.1 Å². The molecule has 0 aliphatic rings. The molecule has 0 amide bonds. The molecule has 1 heterocycles. The molecule has 35 heavy (non-hydrogen) atoms. The average Bonchev–Trinajstić information content (AvgIpc) is 2.89. The van der Waals surface area contributed by atoms with Gasteiger partial charge in [0.05, 0.1) is 53.5 Å². The lowest BCUT2D eigenvalue weighted by molar-refractivity contribution is 0.397. The lowest BCUT2D eigenvalue weighted by Gasteiger charge is -2.21. The van der Waals surface area contributed by atoms with Crippen molar-refractivity contribution in [2.24, 2.45) is 0 Å². The minimum atomic E-state index is -4.20. The van der Waals surface area contributed by atoms with Gasteiger partial charge in [0.15, 0.2) is 0 Å². The van der Waals surface area contributed by atoms with Crippen molar-refractivity contribution in [2.75, 3.05) is 28.4 Å². The summed E-state index contributed by atoms with van der Waals surface area (Å²) in [6, 6.07) is 15.9. The van der Waals surface area contributed by atoms with Crippen LogP contribution < -0.4 is 24.4 Å². The minimum absolute atomic E-state index is 0.0237. The molecule has 0 N–H and O–H groups in total. The van der Waals surface area contributed by atoms with Gasteiger partial charge in [-0.15, -0.1) is 0 Å². The molecule has 3 aromatic carbocycles. The molecule has 0 fully saturated rings. The molecular formula is C25H22INO7S. The van der Waals surface area contributed by atoms with Gasteiger partial charge in [-0.3, -0.25) is 4.79 Å². The van der Waals surface area contributed by atoms with Crippen LogP contribution in [0.5, 0.6) is 23.0 Å². The highest BCUT2D eigenvalue weighted by Crippen LogP contribution is 2.37. The van der Waals surface area contributed by atoms with E-state index in [4.69, 9.17) is 18.9 Å². The molecule has 10 heteroatoms. The monoisotopic (exact) mass is 607 g/mol. The molecule has 4 rings (SSSR count). The maximum atomic E-state index is 14.1. The second kappa shape index (κ2) is 9.78. The summed E-state index contributed by atoms with van der Waals surface area (Å²) in [7, 11) is 1.71. The molecule has 0 aliphatic heterocycles. The van der Waals surface area contributed by atoms with E-state index in [-0.39, 0.29) is 36.2 Å². The minimum Gasteiger partial charge on any atom is -0.497 e. The number of nitrogens with zero attached hydrogens (tertiary/aromatic N) is 1. The predicted molar refractivity (Wildman–Crippen MR) is 142 cm³/mol. The van der Waals surface area contributed by atoms with Gasteiger partial charge in [0.1, 0.15) is 23.0 Å². The average molecular weight is 607 g/mol. The van der Waals surface area contributed by atoms with Crippen LogP contribution >= 0.6 is 22.6 Å². The Morgan fingerprint density at radius 2 is 1.29 bits per heavy atom. The molecule has 0 bridgehead atoms. The van der Waals surface area contributed by atoms with Crippen molar-refractivity contribution in [1.82, 2.24) is 3.97 Å². The molecule has 0 aliphatic carbocycles. The molecule has 1 aromatic heterocycles. The Labute approximate surface area is 216 Å². The number of ether oxygens (including phenoxy) is 4. The zero-order valence-corrected chi connectivity index (χ0v) is 22.3. The third-order valence-electron chi connectivity index (χ3n) is 5.53. The number of hydrogen-bond donors (Lipinski definition) is 0. The van der Waals surface area contributed by atoms with E-state index in [2.05, 4.69) is 0 Å². The molecular weight excluding hydrogens is 585 g/mol. The molecule has 4 aromatic rings. The number of benzene rings is 3. The van der Waals surface area contributed by atoms with Crippen molar-refractivity contribution in [2.45, 2.75) is 4.90 Å². The Bertz CT molecular complexity index is 1560. The SMILES string of the molecule is COc1ccc(-c2c(I)c(=O)c3c(OC)cc(OC)cc3n2S(=O)(=O)c2ccc(OC)cc2)cc1. The lowest BCUT2D eigenvalue weighted by atomic mass is 10.1. The van der Waals surface area contributed by atoms with Gasteiger partial charge < -0.3 is 18.9 Å². The summed E-state index contributed by atoms with van der Waals surface area (Å²) in [5.74, 6) is 1.67. The number of rotatable bonds is 7. The first-order valence-electron chi connectivity index (χ1n) is 10.3.